The Kier molecular flexibility index (Phi) is 8.03. The first-order valence-corrected chi connectivity index (χ1v) is 9.42. The lowest BCUT2D eigenvalue weighted by Gasteiger charge is -2.22. The van der Waals surface area contributed by atoms with Gasteiger partial charge in [-0.3, -0.25) is 0 Å². The second-order valence-corrected chi connectivity index (χ2v) is 7.39. The third kappa shape index (κ3) is 6.65. The summed E-state index contributed by atoms with van der Waals surface area (Å²) in [5.41, 5.74) is 0.788. The second kappa shape index (κ2) is 9.25. The first-order chi connectivity index (χ1) is 10.0. The molecule has 0 saturated heterocycles. The summed E-state index contributed by atoms with van der Waals surface area (Å²) in [7, 11) is -3.00. The second-order valence-electron chi connectivity index (χ2n) is 4.89. The van der Waals surface area contributed by atoms with Crippen molar-refractivity contribution in [1.29, 1.82) is 0 Å². The van der Waals surface area contributed by atoms with Gasteiger partial charge in [-0.25, -0.2) is 8.78 Å². The van der Waals surface area contributed by atoms with Gasteiger partial charge >= 0.3 is 8.80 Å². The van der Waals surface area contributed by atoms with Crippen LogP contribution in [0.25, 0.3) is 0 Å². The molecular weight excluding hydrogens is 294 g/mol. The number of benzene rings is 1. The van der Waals surface area contributed by atoms with Crippen molar-refractivity contribution in [2.75, 3.05) is 13.2 Å². The molecule has 0 atom stereocenters. The summed E-state index contributed by atoms with van der Waals surface area (Å²) < 4.78 is 36.5. The summed E-state index contributed by atoms with van der Waals surface area (Å²) in [6, 6.07) is 4.53. The highest BCUT2D eigenvalue weighted by atomic mass is 28.4. The molecule has 0 spiro atoms. The first-order valence-electron chi connectivity index (χ1n) is 7.45. The quantitative estimate of drug-likeness (QED) is 0.528. The van der Waals surface area contributed by atoms with Crippen LogP contribution in [0.1, 0.15) is 38.7 Å². The molecule has 1 aromatic carbocycles. The highest BCUT2D eigenvalue weighted by molar-refractivity contribution is 6.59. The van der Waals surface area contributed by atoms with Gasteiger partial charge in [-0.05, 0) is 50.8 Å². The number of hydrogen-bond donors (Lipinski definition) is 1. The van der Waals surface area contributed by atoms with Crippen LogP contribution in [0.5, 0.6) is 0 Å². The Morgan fingerprint density at radius 2 is 1.67 bits per heavy atom. The minimum Gasteiger partial charge on any atom is -0.390 e. The fraction of sp³-hybridized carbons (Fsp3) is 0.600. The zero-order chi connectivity index (χ0) is 15.7. The fourth-order valence-electron chi connectivity index (χ4n) is 2.19. The largest absolute Gasteiger partial charge is 0.498 e. The summed E-state index contributed by atoms with van der Waals surface area (Å²) in [6.07, 6.45) is 3.23. The van der Waals surface area contributed by atoms with E-state index in [2.05, 4.69) is 0 Å². The van der Waals surface area contributed by atoms with Gasteiger partial charge in [0.15, 0.2) is 11.6 Å². The number of aryl methyl sites for hydroxylation is 1. The molecule has 21 heavy (non-hydrogen) atoms. The van der Waals surface area contributed by atoms with Crippen molar-refractivity contribution in [2.24, 2.45) is 0 Å². The van der Waals surface area contributed by atoms with E-state index < -0.39 is 20.4 Å². The summed E-state index contributed by atoms with van der Waals surface area (Å²) in [5.74, 6) is -1.62. The summed E-state index contributed by atoms with van der Waals surface area (Å²) >= 11 is 0. The van der Waals surface area contributed by atoms with Crippen molar-refractivity contribution in [3.05, 3.63) is 35.4 Å². The molecule has 0 saturated carbocycles. The SMILES string of the molecule is CCO[Si](O)(CCCCCc1ccc(F)c(F)c1)OCC. The van der Waals surface area contributed by atoms with Crippen LogP contribution in [-0.4, -0.2) is 26.8 Å². The molecular formula is C15H24F2O3Si. The van der Waals surface area contributed by atoms with Crippen LogP contribution < -0.4 is 0 Å². The Morgan fingerprint density at radius 3 is 2.24 bits per heavy atom. The van der Waals surface area contributed by atoms with Gasteiger partial charge < -0.3 is 13.6 Å². The molecule has 120 valence electrons. The molecule has 0 heterocycles. The maximum atomic E-state index is 13.0. The van der Waals surface area contributed by atoms with Gasteiger partial charge in [0.2, 0.25) is 0 Å². The molecule has 6 heteroatoms. The zero-order valence-electron chi connectivity index (χ0n) is 12.7. The van der Waals surface area contributed by atoms with Crippen LogP contribution in [-0.2, 0) is 15.3 Å². The Balaban J connectivity index is 2.28. The standard InChI is InChI=1S/C15H24F2O3Si/c1-3-19-21(18,20-4-2)11-7-5-6-8-13-9-10-14(16)15(17)12-13/h9-10,12,18H,3-8,11H2,1-2H3. The molecule has 0 aliphatic carbocycles. The molecule has 0 radical (unpaired) electrons. The summed E-state index contributed by atoms with van der Waals surface area (Å²) in [5, 5.41) is 0. The van der Waals surface area contributed by atoms with Gasteiger partial charge in [-0.2, -0.15) is 0 Å². The van der Waals surface area contributed by atoms with Crippen molar-refractivity contribution >= 4 is 8.80 Å². The van der Waals surface area contributed by atoms with E-state index in [-0.39, 0.29) is 0 Å². The minimum atomic E-state index is -3.00. The Morgan fingerprint density at radius 1 is 1.00 bits per heavy atom. The van der Waals surface area contributed by atoms with Crippen molar-refractivity contribution < 1.29 is 22.4 Å². The van der Waals surface area contributed by atoms with Crippen molar-refractivity contribution in [3.8, 4) is 0 Å². The Bertz CT molecular complexity index is 423. The van der Waals surface area contributed by atoms with E-state index in [0.29, 0.717) is 25.7 Å². The predicted molar refractivity (Wildman–Crippen MR) is 79.9 cm³/mol. The van der Waals surface area contributed by atoms with Crippen LogP contribution >= 0.6 is 0 Å². The molecule has 0 amide bonds. The van der Waals surface area contributed by atoms with Crippen LogP contribution in [0.3, 0.4) is 0 Å². The Labute approximate surface area is 126 Å². The zero-order valence-corrected chi connectivity index (χ0v) is 13.7. The molecule has 1 rings (SSSR count). The number of hydrogen-bond acceptors (Lipinski definition) is 3. The number of halogens is 2. The number of rotatable bonds is 10. The van der Waals surface area contributed by atoms with E-state index in [4.69, 9.17) is 8.85 Å². The van der Waals surface area contributed by atoms with Gasteiger partial charge in [-0.15, -0.1) is 0 Å². The minimum absolute atomic E-state index is 0.442. The molecule has 0 aromatic heterocycles. The average Bonchev–Trinajstić information content (AvgIpc) is 2.43. The molecule has 0 aliphatic rings. The molecule has 3 nitrogen and oxygen atoms in total. The molecule has 1 aromatic rings. The highest BCUT2D eigenvalue weighted by Gasteiger charge is 2.35. The first kappa shape index (κ1) is 18.2. The molecule has 1 N–H and O–H groups in total. The lowest BCUT2D eigenvalue weighted by molar-refractivity contribution is 0.107. The van der Waals surface area contributed by atoms with Gasteiger partial charge in [0.1, 0.15) is 0 Å². The molecule has 0 bridgehead atoms. The summed E-state index contributed by atoms with van der Waals surface area (Å²) in [4.78, 5) is 10.2. The van der Waals surface area contributed by atoms with E-state index >= 15 is 0 Å². The monoisotopic (exact) mass is 318 g/mol. The van der Waals surface area contributed by atoms with Crippen LogP contribution in [0.4, 0.5) is 8.78 Å². The van der Waals surface area contributed by atoms with Gasteiger partial charge in [0.25, 0.3) is 0 Å². The van der Waals surface area contributed by atoms with Crippen LogP contribution in [0.15, 0.2) is 18.2 Å². The molecule has 0 aliphatic heterocycles. The van der Waals surface area contributed by atoms with E-state index in [1.54, 1.807) is 6.07 Å². The molecule has 0 fully saturated rings. The van der Waals surface area contributed by atoms with Gasteiger partial charge in [0, 0.05) is 19.3 Å². The fourth-order valence-corrected chi connectivity index (χ4v) is 4.16. The van der Waals surface area contributed by atoms with E-state index in [9.17, 15) is 13.6 Å². The lowest BCUT2D eigenvalue weighted by atomic mass is 10.1. The smallest absolute Gasteiger partial charge is 0.390 e. The Hall–Kier alpha value is -0.823. The highest BCUT2D eigenvalue weighted by Crippen LogP contribution is 2.17. The maximum absolute atomic E-state index is 13.0. The van der Waals surface area contributed by atoms with E-state index in [1.807, 2.05) is 13.8 Å². The lowest BCUT2D eigenvalue weighted by Crippen LogP contribution is -2.42. The predicted octanol–water partition coefficient (Wildman–Crippen LogP) is 3.68. The third-order valence-electron chi connectivity index (χ3n) is 3.18. The van der Waals surface area contributed by atoms with Gasteiger partial charge in [0.05, 0.1) is 0 Å². The summed E-state index contributed by atoms with van der Waals surface area (Å²) in [6.45, 7) is 4.55. The average molecular weight is 318 g/mol. The normalized spacial score (nSPS) is 11.9. The van der Waals surface area contributed by atoms with Crippen LogP contribution in [0.2, 0.25) is 6.04 Å². The third-order valence-corrected chi connectivity index (χ3v) is 5.65. The van der Waals surface area contributed by atoms with E-state index in [0.717, 1.165) is 30.9 Å². The number of unbranched alkanes of at least 4 members (excludes halogenated alkanes) is 2. The van der Waals surface area contributed by atoms with Crippen molar-refractivity contribution in [2.45, 2.75) is 45.6 Å². The maximum Gasteiger partial charge on any atom is 0.498 e. The van der Waals surface area contributed by atoms with E-state index in [1.165, 1.54) is 6.07 Å². The topological polar surface area (TPSA) is 38.7 Å². The van der Waals surface area contributed by atoms with Crippen molar-refractivity contribution in [3.63, 3.8) is 0 Å². The van der Waals surface area contributed by atoms with Crippen molar-refractivity contribution in [1.82, 2.24) is 0 Å². The van der Waals surface area contributed by atoms with Crippen LogP contribution in [0, 0.1) is 11.6 Å². The molecule has 0 unspecified atom stereocenters. The van der Waals surface area contributed by atoms with Gasteiger partial charge in [-0.1, -0.05) is 12.5 Å².